The lowest BCUT2D eigenvalue weighted by atomic mass is 10.1. The molecule has 1 aromatic rings. The summed E-state index contributed by atoms with van der Waals surface area (Å²) in [6.45, 7) is -1.14. The van der Waals surface area contributed by atoms with Gasteiger partial charge in [0.25, 0.3) is 0 Å². The minimum atomic E-state index is -4.74. The molecule has 1 rings (SSSR count). The van der Waals surface area contributed by atoms with Gasteiger partial charge in [0.1, 0.15) is 18.4 Å². The van der Waals surface area contributed by atoms with Gasteiger partial charge in [0.15, 0.2) is 0 Å². The number of hydrogen-bond donors (Lipinski definition) is 1. The zero-order valence-electron chi connectivity index (χ0n) is 9.40. The summed E-state index contributed by atoms with van der Waals surface area (Å²) in [7, 11) is 0. The molecule has 0 fully saturated rings. The highest BCUT2D eigenvalue weighted by Gasteiger charge is 2.28. The van der Waals surface area contributed by atoms with Crippen LogP contribution in [-0.2, 0) is 4.74 Å². The Labute approximate surface area is 105 Å². The Balaban J connectivity index is 2.64. The average Bonchev–Trinajstić information content (AvgIpc) is 2.33. The summed E-state index contributed by atoms with van der Waals surface area (Å²) in [5.41, 5.74) is -0.192. The number of nitrogens with zero attached hydrogens (tertiary/aromatic N) is 1. The number of aromatic carboxylic acids is 1. The molecule has 0 atom stereocenters. The van der Waals surface area contributed by atoms with Crippen molar-refractivity contribution in [1.29, 1.82) is 5.26 Å². The van der Waals surface area contributed by atoms with Crippen LogP contribution < -0.4 is 4.74 Å². The van der Waals surface area contributed by atoms with Crippen LogP contribution >= 0.6 is 0 Å². The number of benzene rings is 1. The molecule has 1 aromatic carbocycles. The molecule has 5 nitrogen and oxygen atoms in total. The maximum Gasteiger partial charge on any atom is 0.522 e. The van der Waals surface area contributed by atoms with Gasteiger partial charge in [-0.2, -0.15) is 5.26 Å². The second-order valence-corrected chi connectivity index (χ2v) is 3.27. The van der Waals surface area contributed by atoms with E-state index >= 15 is 0 Å². The van der Waals surface area contributed by atoms with Gasteiger partial charge in [0.05, 0.1) is 17.7 Å². The Morgan fingerprint density at radius 2 is 2.05 bits per heavy atom. The Hall–Kier alpha value is -2.27. The van der Waals surface area contributed by atoms with Gasteiger partial charge in [-0.3, -0.25) is 4.74 Å². The van der Waals surface area contributed by atoms with Crippen molar-refractivity contribution in [3.05, 3.63) is 29.3 Å². The van der Waals surface area contributed by atoms with Gasteiger partial charge in [0.2, 0.25) is 0 Å². The summed E-state index contributed by atoms with van der Waals surface area (Å²) in [6.07, 6.45) is -4.74. The largest absolute Gasteiger partial charge is 0.522 e. The first-order valence-electron chi connectivity index (χ1n) is 4.94. The van der Waals surface area contributed by atoms with Crippen LogP contribution in [0.4, 0.5) is 13.2 Å². The van der Waals surface area contributed by atoms with E-state index in [0.717, 1.165) is 6.07 Å². The second kappa shape index (κ2) is 6.06. The highest BCUT2D eigenvalue weighted by Crippen LogP contribution is 2.20. The highest BCUT2D eigenvalue weighted by molar-refractivity contribution is 5.88. The standard InChI is InChI=1S/C11H8F3NO4/c12-11(13,14)19-4-3-18-9-2-1-7(10(16)17)5-8(9)6-15/h1-2,5H,3-4H2,(H,16,17). The third kappa shape index (κ3) is 4.85. The van der Waals surface area contributed by atoms with Crippen LogP contribution in [-0.4, -0.2) is 30.7 Å². The topological polar surface area (TPSA) is 79.6 Å². The van der Waals surface area contributed by atoms with Crippen LogP contribution in [0.5, 0.6) is 5.75 Å². The van der Waals surface area contributed by atoms with Gasteiger partial charge in [0, 0.05) is 0 Å². The van der Waals surface area contributed by atoms with Crippen molar-refractivity contribution in [2.24, 2.45) is 0 Å². The monoisotopic (exact) mass is 275 g/mol. The average molecular weight is 275 g/mol. The zero-order valence-corrected chi connectivity index (χ0v) is 9.40. The Morgan fingerprint density at radius 1 is 1.37 bits per heavy atom. The Morgan fingerprint density at radius 3 is 2.58 bits per heavy atom. The van der Waals surface area contributed by atoms with Gasteiger partial charge in [-0.15, -0.1) is 13.2 Å². The molecule has 0 amide bonds. The molecule has 0 aromatic heterocycles. The first-order chi connectivity index (χ1) is 8.83. The smallest absolute Gasteiger partial charge is 0.490 e. The molecule has 19 heavy (non-hydrogen) atoms. The van der Waals surface area contributed by atoms with E-state index in [1.54, 1.807) is 6.07 Å². The number of carboxylic acids is 1. The van der Waals surface area contributed by atoms with Crippen LogP contribution in [0, 0.1) is 11.3 Å². The molecule has 0 aliphatic heterocycles. The third-order valence-electron chi connectivity index (χ3n) is 1.95. The van der Waals surface area contributed by atoms with E-state index < -0.39 is 25.5 Å². The van der Waals surface area contributed by atoms with Gasteiger partial charge in [-0.1, -0.05) is 0 Å². The maximum absolute atomic E-state index is 11.7. The quantitative estimate of drug-likeness (QED) is 0.833. The molecule has 0 saturated carbocycles. The Bertz CT molecular complexity index is 508. The second-order valence-electron chi connectivity index (χ2n) is 3.27. The molecule has 0 bridgehead atoms. The lowest BCUT2D eigenvalue weighted by molar-refractivity contribution is -0.325. The minimum absolute atomic E-state index is 0.00160. The molecule has 8 heteroatoms. The summed E-state index contributed by atoms with van der Waals surface area (Å²) in [5.74, 6) is -1.22. The molecule has 102 valence electrons. The predicted molar refractivity (Wildman–Crippen MR) is 55.6 cm³/mol. The highest BCUT2D eigenvalue weighted by atomic mass is 19.4. The fourth-order valence-corrected chi connectivity index (χ4v) is 1.19. The number of rotatable bonds is 5. The zero-order chi connectivity index (χ0) is 14.5. The van der Waals surface area contributed by atoms with Gasteiger partial charge in [-0.05, 0) is 18.2 Å². The summed E-state index contributed by atoms with van der Waals surface area (Å²) in [4.78, 5) is 10.7. The van der Waals surface area contributed by atoms with Crippen molar-refractivity contribution in [2.45, 2.75) is 6.36 Å². The first-order valence-corrected chi connectivity index (χ1v) is 4.94. The maximum atomic E-state index is 11.7. The SMILES string of the molecule is N#Cc1cc(C(=O)O)ccc1OCCOC(F)(F)F. The molecule has 0 unspecified atom stereocenters. The van der Waals surface area contributed by atoms with E-state index in [-0.39, 0.29) is 16.9 Å². The molecule has 0 aliphatic carbocycles. The van der Waals surface area contributed by atoms with E-state index in [2.05, 4.69) is 4.74 Å². The molecule has 1 N–H and O–H groups in total. The fraction of sp³-hybridized carbons (Fsp3) is 0.273. The number of carboxylic acid groups (broad SMARTS) is 1. The van der Waals surface area contributed by atoms with Crippen LogP contribution in [0.15, 0.2) is 18.2 Å². The summed E-state index contributed by atoms with van der Waals surface area (Å²) >= 11 is 0. The van der Waals surface area contributed by atoms with E-state index in [9.17, 15) is 18.0 Å². The van der Waals surface area contributed by atoms with Crippen molar-refractivity contribution in [3.63, 3.8) is 0 Å². The molecular weight excluding hydrogens is 267 g/mol. The number of carbonyl (C=O) groups is 1. The minimum Gasteiger partial charge on any atom is -0.490 e. The first kappa shape index (κ1) is 14.8. The van der Waals surface area contributed by atoms with Crippen molar-refractivity contribution in [1.82, 2.24) is 0 Å². The predicted octanol–water partition coefficient (Wildman–Crippen LogP) is 2.17. The molecular formula is C11H8F3NO4. The van der Waals surface area contributed by atoms with E-state index in [1.165, 1.54) is 12.1 Å². The number of nitriles is 1. The van der Waals surface area contributed by atoms with Gasteiger partial charge >= 0.3 is 12.3 Å². The summed E-state index contributed by atoms with van der Waals surface area (Å²) < 4.78 is 43.4. The lowest BCUT2D eigenvalue weighted by Gasteiger charge is -2.10. The molecule has 0 spiro atoms. The third-order valence-corrected chi connectivity index (χ3v) is 1.95. The van der Waals surface area contributed by atoms with E-state index in [0.29, 0.717) is 0 Å². The van der Waals surface area contributed by atoms with E-state index in [4.69, 9.17) is 15.1 Å². The van der Waals surface area contributed by atoms with Crippen LogP contribution in [0.1, 0.15) is 15.9 Å². The number of ether oxygens (including phenoxy) is 2. The molecule has 0 heterocycles. The van der Waals surface area contributed by atoms with Gasteiger partial charge < -0.3 is 9.84 Å². The van der Waals surface area contributed by atoms with Crippen molar-refractivity contribution >= 4 is 5.97 Å². The van der Waals surface area contributed by atoms with Crippen molar-refractivity contribution in [2.75, 3.05) is 13.2 Å². The fourth-order valence-electron chi connectivity index (χ4n) is 1.19. The van der Waals surface area contributed by atoms with Crippen LogP contribution in [0.3, 0.4) is 0 Å². The molecule has 0 aliphatic rings. The van der Waals surface area contributed by atoms with Crippen LogP contribution in [0.2, 0.25) is 0 Å². The molecule has 0 saturated heterocycles. The van der Waals surface area contributed by atoms with Crippen molar-refractivity contribution in [3.8, 4) is 11.8 Å². The number of alkyl halides is 3. The summed E-state index contributed by atoms with van der Waals surface area (Å²) in [6, 6.07) is 5.16. The number of hydrogen-bond acceptors (Lipinski definition) is 4. The number of halogens is 3. The van der Waals surface area contributed by atoms with Crippen molar-refractivity contribution < 1.29 is 32.5 Å². The van der Waals surface area contributed by atoms with Crippen LogP contribution in [0.25, 0.3) is 0 Å². The van der Waals surface area contributed by atoms with Gasteiger partial charge in [-0.25, -0.2) is 4.79 Å². The molecule has 0 radical (unpaired) electrons. The normalized spacial score (nSPS) is 10.8. The summed E-state index contributed by atoms with van der Waals surface area (Å²) in [5, 5.41) is 17.5. The lowest BCUT2D eigenvalue weighted by Crippen LogP contribution is -2.18. The van der Waals surface area contributed by atoms with E-state index in [1.807, 2.05) is 0 Å². The Kier molecular flexibility index (Phi) is 4.72.